The number of hydrogen-bond donors (Lipinski definition) is 2. The number of aliphatic hydroxyl groups excluding tert-OH is 2. The topological polar surface area (TPSA) is 65.7 Å². The highest BCUT2D eigenvalue weighted by Crippen LogP contribution is 2.23. The van der Waals surface area contributed by atoms with Gasteiger partial charge in [-0.15, -0.1) is 0 Å². The zero-order chi connectivity index (χ0) is 16.8. The van der Waals surface area contributed by atoms with Crippen LogP contribution < -0.4 is 0 Å². The first kappa shape index (κ1) is 17.7. The predicted octanol–water partition coefficient (Wildman–Crippen LogP) is 1.91. The molecule has 5 heteroatoms. The molecular formula is C18H26N2O3. The van der Waals surface area contributed by atoms with E-state index in [2.05, 4.69) is 4.90 Å². The number of likely N-dealkylation sites (N-methyl/N-ethyl adjacent to an activating group) is 1. The average molecular weight is 318 g/mol. The summed E-state index contributed by atoms with van der Waals surface area (Å²) in [7, 11) is 4.05. The van der Waals surface area contributed by atoms with Crippen LogP contribution in [0.4, 0.5) is 0 Å². The summed E-state index contributed by atoms with van der Waals surface area (Å²) in [4.78, 5) is 14.7. The fourth-order valence-electron chi connectivity index (χ4n) is 2.71. The molecule has 0 bridgehead atoms. The zero-order valence-corrected chi connectivity index (χ0v) is 13.9. The number of aliphatic hydroxyl groups is 2. The van der Waals surface area contributed by atoms with Crippen LogP contribution >= 0.6 is 0 Å². The van der Waals surface area contributed by atoms with Crippen molar-refractivity contribution in [3.05, 3.63) is 36.0 Å². The Morgan fingerprint density at radius 1 is 1.26 bits per heavy atom. The van der Waals surface area contributed by atoms with Gasteiger partial charge in [0.05, 0.1) is 5.52 Å². The number of benzene rings is 1. The van der Waals surface area contributed by atoms with Crippen LogP contribution in [0.5, 0.6) is 0 Å². The first-order chi connectivity index (χ1) is 11.0. The van der Waals surface area contributed by atoms with E-state index >= 15 is 0 Å². The third-order valence-electron chi connectivity index (χ3n) is 4.03. The summed E-state index contributed by atoms with van der Waals surface area (Å²) < 4.78 is 1.57. The normalized spacial score (nSPS) is 12.9. The molecule has 2 N–H and O–H groups in total. The Morgan fingerprint density at radius 2 is 2.00 bits per heavy atom. The predicted molar refractivity (Wildman–Crippen MR) is 91.8 cm³/mol. The van der Waals surface area contributed by atoms with Crippen LogP contribution in [0.2, 0.25) is 0 Å². The second kappa shape index (κ2) is 8.24. The van der Waals surface area contributed by atoms with Crippen molar-refractivity contribution < 1.29 is 15.0 Å². The fraction of sp³-hybridized carbons (Fsp3) is 0.500. The van der Waals surface area contributed by atoms with Crippen LogP contribution in [0.25, 0.3) is 10.9 Å². The van der Waals surface area contributed by atoms with Crippen molar-refractivity contribution in [2.24, 2.45) is 0 Å². The molecule has 126 valence electrons. The van der Waals surface area contributed by atoms with Crippen LogP contribution in [-0.2, 0) is 6.42 Å². The van der Waals surface area contributed by atoms with Gasteiger partial charge in [0, 0.05) is 24.7 Å². The molecule has 1 aromatic heterocycles. The highest BCUT2D eigenvalue weighted by molar-refractivity contribution is 5.96. The summed E-state index contributed by atoms with van der Waals surface area (Å²) >= 11 is 0. The van der Waals surface area contributed by atoms with Crippen molar-refractivity contribution in [1.82, 2.24) is 9.47 Å². The Labute approximate surface area is 137 Å². The van der Waals surface area contributed by atoms with Crippen molar-refractivity contribution in [2.75, 3.05) is 27.2 Å². The summed E-state index contributed by atoms with van der Waals surface area (Å²) in [6.07, 6.45) is 3.29. The number of hydrogen-bond acceptors (Lipinski definition) is 4. The highest BCUT2D eigenvalue weighted by atomic mass is 16.3. The van der Waals surface area contributed by atoms with E-state index in [1.54, 1.807) is 4.57 Å². The van der Waals surface area contributed by atoms with E-state index in [-0.39, 0.29) is 12.5 Å². The van der Waals surface area contributed by atoms with Crippen LogP contribution in [0.3, 0.4) is 0 Å². The molecule has 23 heavy (non-hydrogen) atoms. The van der Waals surface area contributed by atoms with Crippen molar-refractivity contribution in [2.45, 2.75) is 31.8 Å². The lowest BCUT2D eigenvalue weighted by molar-refractivity contribution is 0.0635. The molecule has 0 saturated carbocycles. The molecule has 1 heterocycles. The SMILES string of the molecule is CN(C)CCc1cn(C(=O)C(O)CCCCO)c2ccccc12. The van der Waals surface area contributed by atoms with Crippen molar-refractivity contribution >= 4 is 16.8 Å². The van der Waals surface area contributed by atoms with Gasteiger partial charge in [0.15, 0.2) is 0 Å². The van der Waals surface area contributed by atoms with E-state index in [4.69, 9.17) is 5.11 Å². The van der Waals surface area contributed by atoms with E-state index in [0.717, 1.165) is 29.4 Å². The molecule has 0 aliphatic heterocycles. The Balaban J connectivity index is 2.24. The number of aromatic nitrogens is 1. The maximum Gasteiger partial charge on any atom is 0.259 e. The smallest absolute Gasteiger partial charge is 0.259 e. The Hall–Kier alpha value is -1.69. The van der Waals surface area contributed by atoms with Gasteiger partial charge in [-0.05, 0) is 51.4 Å². The van der Waals surface area contributed by atoms with Gasteiger partial charge in [-0.3, -0.25) is 9.36 Å². The Bertz CT molecular complexity index is 649. The molecule has 0 spiro atoms. The molecule has 0 amide bonds. The summed E-state index contributed by atoms with van der Waals surface area (Å²) in [5.41, 5.74) is 1.96. The van der Waals surface area contributed by atoms with Crippen LogP contribution in [0.15, 0.2) is 30.5 Å². The number of fused-ring (bicyclic) bond motifs is 1. The van der Waals surface area contributed by atoms with Gasteiger partial charge in [0.2, 0.25) is 0 Å². The zero-order valence-electron chi connectivity index (χ0n) is 13.9. The second-order valence-electron chi connectivity index (χ2n) is 6.17. The lowest BCUT2D eigenvalue weighted by atomic mass is 10.1. The number of carbonyl (C=O) groups is 1. The maximum atomic E-state index is 12.5. The summed E-state index contributed by atoms with van der Waals surface area (Å²) in [6.45, 7) is 0.989. The van der Waals surface area contributed by atoms with Crippen LogP contribution in [0, 0.1) is 0 Å². The second-order valence-corrected chi connectivity index (χ2v) is 6.17. The van der Waals surface area contributed by atoms with Gasteiger partial charge >= 0.3 is 0 Å². The maximum absolute atomic E-state index is 12.5. The standard InChI is InChI=1S/C18H26N2O3/c1-19(2)11-10-14-13-20(16-8-4-3-7-15(14)16)18(23)17(22)9-5-6-12-21/h3-4,7-8,13,17,21-22H,5-6,9-12H2,1-2H3. The van der Waals surface area contributed by atoms with Gasteiger partial charge in [-0.1, -0.05) is 18.2 Å². The number of nitrogens with zero attached hydrogens (tertiary/aromatic N) is 2. The van der Waals surface area contributed by atoms with Crippen LogP contribution in [-0.4, -0.2) is 58.9 Å². The number of rotatable bonds is 8. The monoisotopic (exact) mass is 318 g/mol. The van der Waals surface area contributed by atoms with E-state index in [1.807, 2.05) is 44.6 Å². The first-order valence-corrected chi connectivity index (χ1v) is 8.11. The summed E-state index contributed by atoms with van der Waals surface area (Å²) in [5, 5.41) is 20.0. The Kier molecular flexibility index (Phi) is 6.33. The van der Waals surface area contributed by atoms with Crippen LogP contribution in [0.1, 0.15) is 29.6 Å². The largest absolute Gasteiger partial charge is 0.396 e. The first-order valence-electron chi connectivity index (χ1n) is 8.11. The highest BCUT2D eigenvalue weighted by Gasteiger charge is 2.20. The van der Waals surface area contributed by atoms with E-state index in [9.17, 15) is 9.90 Å². The Morgan fingerprint density at radius 3 is 2.70 bits per heavy atom. The van der Waals surface area contributed by atoms with Gasteiger partial charge < -0.3 is 15.1 Å². The van der Waals surface area contributed by atoms with Crippen molar-refractivity contribution in [3.63, 3.8) is 0 Å². The molecule has 5 nitrogen and oxygen atoms in total. The molecule has 2 aromatic rings. The number of para-hydroxylation sites is 1. The third-order valence-corrected chi connectivity index (χ3v) is 4.03. The molecular weight excluding hydrogens is 292 g/mol. The van der Waals surface area contributed by atoms with Gasteiger partial charge in [-0.2, -0.15) is 0 Å². The van der Waals surface area contributed by atoms with Crippen molar-refractivity contribution in [1.29, 1.82) is 0 Å². The van der Waals surface area contributed by atoms with Gasteiger partial charge in [-0.25, -0.2) is 0 Å². The molecule has 0 aliphatic rings. The van der Waals surface area contributed by atoms with Gasteiger partial charge in [0.1, 0.15) is 6.10 Å². The fourth-order valence-corrected chi connectivity index (χ4v) is 2.71. The number of carbonyl (C=O) groups excluding carboxylic acids is 1. The molecule has 0 fully saturated rings. The van der Waals surface area contributed by atoms with E-state index < -0.39 is 6.10 Å². The van der Waals surface area contributed by atoms with Crippen molar-refractivity contribution in [3.8, 4) is 0 Å². The molecule has 0 saturated heterocycles. The minimum absolute atomic E-state index is 0.0854. The average Bonchev–Trinajstić information content (AvgIpc) is 2.91. The minimum atomic E-state index is -1.03. The number of unbranched alkanes of at least 4 members (excludes halogenated alkanes) is 1. The molecule has 0 aliphatic carbocycles. The molecule has 1 aromatic carbocycles. The van der Waals surface area contributed by atoms with E-state index in [0.29, 0.717) is 19.3 Å². The molecule has 2 rings (SSSR count). The molecule has 0 radical (unpaired) electrons. The lowest BCUT2D eigenvalue weighted by Gasteiger charge is -2.11. The summed E-state index contributed by atoms with van der Waals surface area (Å²) in [6, 6.07) is 7.79. The lowest BCUT2D eigenvalue weighted by Crippen LogP contribution is -2.26. The molecule has 1 atom stereocenters. The third kappa shape index (κ3) is 4.41. The van der Waals surface area contributed by atoms with E-state index in [1.165, 1.54) is 0 Å². The summed E-state index contributed by atoms with van der Waals surface area (Å²) in [5.74, 6) is -0.296. The molecule has 1 unspecified atom stereocenters. The minimum Gasteiger partial charge on any atom is -0.396 e. The van der Waals surface area contributed by atoms with Gasteiger partial charge in [0.25, 0.3) is 5.91 Å². The quantitative estimate of drug-likeness (QED) is 0.730.